The highest BCUT2D eigenvalue weighted by atomic mass is 35.5. The van der Waals surface area contributed by atoms with Gasteiger partial charge >= 0.3 is 0 Å². The van der Waals surface area contributed by atoms with Crippen molar-refractivity contribution in [3.63, 3.8) is 0 Å². The SMILES string of the molecule is C[C@H]1c2ccc(Cl)cc2CCN1C(=O)CNc1cc2cc(C(=O)N3CCC(F)(F)C3)[nH]c(=O)c2cc1F. The smallest absolute Gasteiger partial charge is 0.270 e. The summed E-state index contributed by atoms with van der Waals surface area (Å²) >= 11 is 6.08. The molecule has 0 spiro atoms. The van der Waals surface area contributed by atoms with Crippen LogP contribution in [0.3, 0.4) is 0 Å². The number of anilines is 1. The van der Waals surface area contributed by atoms with Crippen LogP contribution in [-0.2, 0) is 11.2 Å². The van der Waals surface area contributed by atoms with Crippen molar-refractivity contribution in [2.45, 2.75) is 31.7 Å². The molecular weight excluding hydrogens is 509 g/mol. The van der Waals surface area contributed by atoms with Gasteiger partial charge < -0.3 is 20.1 Å². The standard InChI is InChI=1S/C26H24ClF3N4O3/c1-14-18-3-2-17(27)8-15(18)4-6-34(14)23(35)12-31-21-9-16-10-22(32-24(36)19(16)11-20(21)28)25(37)33-7-5-26(29,30)13-33/h2-3,8-11,14,31H,4-7,12-13H2,1H3,(H,32,36)/t14-/m0/s1. The number of halogens is 4. The molecule has 7 nitrogen and oxygen atoms in total. The first-order valence-corrected chi connectivity index (χ1v) is 12.3. The average Bonchev–Trinajstić information content (AvgIpc) is 3.22. The van der Waals surface area contributed by atoms with Crippen molar-refractivity contribution in [2.24, 2.45) is 0 Å². The number of hydrogen-bond donors (Lipinski definition) is 2. The van der Waals surface area contributed by atoms with Crippen molar-refractivity contribution in [3.8, 4) is 0 Å². The van der Waals surface area contributed by atoms with Crippen molar-refractivity contribution in [2.75, 3.05) is 31.5 Å². The number of alkyl halides is 2. The van der Waals surface area contributed by atoms with E-state index in [-0.39, 0.29) is 47.2 Å². The summed E-state index contributed by atoms with van der Waals surface area (Å²) in [6.45, 7) is 1.37. The molecule has 0 radical (unpaired) electrons. The Morgan fingerprint density at radius 1 is 1.19 bits per heavy atom. The van der Waals surface area contributed by atoms with Gasteiger partial charge in [-0.3, -0.25) is 14.4 Å². The molecule has 3 aromatic rings. The lowest BCUT2D eigenvalue weighted by atomic mass is 9.93. The molecule has 1 aromatic heterocycles. The van der Waals surface area contributed by atoms with Crippen molar-refractivity contribution in [1.82, 2.24) is 14.8 Å². The molecule has 0 aliphatic carbocycles. The highest BCUT2D eigenvalue weighted by molar-refractivity contribution is 6.30. The van der Waals surface area contributed by atoms with Gasteiger partial charge in [0.05, 0.1) is 30.2 Å². The van der Waals surface area contributed by atoms with Crippen LogP contribution >= 0.6 is 11.6 Å². The molecule has 1 atom stereocenters. The molecule has 1 saturated heterocycles. The van der Waals surface area contributed by atoms with Gasteiger partial charge in [0.1, 0.15) is 11.5 Å². The first kappa shape index (κ1) is 25.1. The Bertz CT molecular complexity index is 1480. The van der Waals surface area contributed by atoms with E-state index >= 15 is 0 Å². The Hall–Kier alpha value is -3.53. The molecule has 0 bridgehead atoms. The number of nitrogens with one attached hydrogen (secondary N) is 2. The Kier molecular flexibility index (Phi) is 6.39. The van der Waals surface area contributed by atoms with Gasteiger partial charge in [0.15, 0.2) is 0 Å². The van der Waals surface area contributed by atoms with E-state index in [0.717, 1.165) is 22.1 Å². The van der Waals surface area contributed by atoms with E-state index in [9.17, 15) is 27.6 Å². The summed E-state index contributed by atoms with van der Waals surface area (Å²) in [6, 6.07) is 9.08. The maximum Gasteiger partial charge on any atom is 0.270 e. The number of aromatic amines is 1. The van der Waals surface area contributed by atoms with Gasteiger partial charge in [-0.15, -0.1) is 0 Å². The minimum Gasteiger partial charge on any atom is -0.374 e. The van der Waals surface area contributed by atoms with Crippen LogP contribution in [0.2, 0.25) is 5.02 Å². The van der Waals surface area contributed by atoms with Gasteiger partial charge in [0, 0.05) is 24.5 Å². The predicted molar refractivity (Wildman–Crippen MR) is 134 cm³/mol. The van der Waals surface area contributed by atoms with Crippen molar-refractivity contribution >= 4 is 39.9 Å². The molecular formula is C26H24ClF3N4O3. The van der Waals surface area contributed by atoms with Gasteiger partial charge in [0.25, 0.3) is 17.4 Å². The van der Waals surface area contributed by atoms with Gasteiger partial charge in [-0.05, 0) is 60.2 Å². The third kappa shape index (κ3) is 4.90. The molecule has 0 saturated carbocycles. The number of benzene rings is 2. The summed E-state index contributed by atoms with van der Waals surface area (Å²) in [5.41, 5.74) is 1.20. The first-order chi connectivity index (χ1) is 17.5. The molecule has 194 valence electrons. The van der Waals surface area contributed by atoms with E-state index in [1.165, 1.54) is 12.1 Å². The molecule has 2 N–H and O–H groups in total. The molecule has 2 aliphatic heterocycles. The Balaban J connectivity index is 1.34. The molecule has 5 rings (SSSR count). The molecule has 3 heterocycles. The van der Waals surface area contributed by atoms with Crippen LogP contribution in [0.1, 0.15) is 41.0 Å². The second-order valence-electron chi connectivity index (χ2n) is 9.47. The fraction of sp³-hybridized carbons (Fsp3) is 0.346. The van der Waals surface area contributed by atoms with Crippen LogP contribution in [0.4, 0.5) is 18.9 Å². The molecule has 11 heteroatoms. The molecule has 2 amide bonds. The molecule has 2 aliphatic rings. The zero-order valence-electron chi connectivity index (χ0n) is 19.9. The van der Waals surface area contributed by atoms with Crippen molar-refractivity contribution in [3.05, 3.63) is 74.4 Å². The van der Waals surface area contributed by atoms with Crippen LogP contribution in [0.15, 0.2) is 41.2 Å². The highest BCUT2D eigenvalue weighted by Gasteiger charge is 2.40. The van der Waals surface area contributed by atoms with E-state index in [1.807, 2.05) is 19.1 Å². The van der Waals surface area contributed by atoms with Crippen LogP contribution in [-0.4, -0.2) is 58.7 Å². The summed E-state index contributed by atoms with van der Waals surface area (Å²) < 4.78 is 41.9. The topological polar surface area (TPSA) is 85.5 Å². The fourth-order valence-electron chi connectivity index (χ4n) is 5.03. The number of fused-ring (bicyclic) bond motifs is 2. The quantitative estimate of drug-likeness (QED) is 0.523. The summed E-state index contributed by atoms with van der Waals surface area (Å²) in [5.74, 6) is -4.67. The average molecular weight is 533 g/mol. The summed E-state index contributed by atoms with van der Waals surface area (Å²) in [7, 11) is 0. The third-order valence-electron chi connectivity index (χ3n) is 7.01. The van der Waals surface area contributed by atoms with Crippen LogP contribution in [0, 0.1) is 5.82 Å². The van der Waals surface area contributed by atoms with Crippen molar-refractivity contribution in [1.29, 1.82) is 0 Å². The second kappa shape index (κ2) is 9.41. The highest BCUT2D eigenvalue weighted by Crippen LogP contribution is 2.32. The maximum atomic E-state index is 14.8. The molecule has 0 unspecified atom stereocenters. The minimum absolute atomic E-state index is 0.00222. The van der Waals surface area contributed by atoms with Gasteiger partial charge in [-0.1, -0.05) is 17.7 Å². The Morgan fingerprint density at radius 2 is 1.97 bits per heavy atom. The maximum absolute atomic E-state index is 14.8. The monoisotopic (exact) mass is 532 g/mol. The molecule has 1 fully saturated rings. The van der Waals surface area contributed by atoms with E-state index in [4.69, 9.17) is 11.6 Å². The van der Waals surface area contributed by atoms with E-state index in [0.29, 0.717) is 18.0 Å². The predicted octanol–water partition coefficient (Wildman–Crippen LogP) is 4.36. The number of nitrogens with zero attached hydrogens (tertiary/aromatic N) is 2. The van der Waals surface area contributed by atoms with E-state index in [2.05, 4.69) is 10.3 Å². The number of rotatable bonds is 4. The van der Waals surface area contributed by atoms with Crippen molar-refractivity contribution < 1.29 is 22.8 Å². The normalized spacial score (nSPS) is 18.7. The number of aromatic nitrogens is 1. The van der Waals surface area contributed by atoms with Gasteiger partial charge in [-0.2, -0.15) is 0 Å². The van der Waals surface area contributed by atoms with Crippen LogP contribution in [0.5, 0.6) is 0 Å². The minimum atomic E-state index is -2.97. The molecule has 2 aromatic carbocycles. The fourth-order valence-corrected chi connectivity index (χ4v) is 5.23. The first-order valence-electron chi connectivity index (χ1n) is 11.9. The van der Waals surface area contributed by atoms with Crippen LogP contribution < -0.4 is 10.9 Å². The number of pyridine rings is 1. The Morgan fingerprint density at radius 3 is 2.70 bits per heavy atom. The number of amides is 2. The number of H-pyrrole nitrogens is 1. The van der Waals surface area contributed by atoms with E-state index in [1.54, 1.807) is 11.0 Å². The van der Waals surface area contributed by atoms with Gasteiger partial charge in [0.2, 0.25) is 5.91 Å². The second-order valence-corrected chi connectivity index (χ2v) is 9.91. The number of carbonyl (C=O) groups is 2. The Labute approximate surface area is 215 Å². The lowest BCUT2D eigenvalue weighted by Gasteiger charge is -2.35. The van der Waals surface area contributed by atoms with Crippen LogP contribution in [0.25, 0.3) is 10.8 Å². The number of hydrogen-bond acceptors (Lipinski definition) is 4. The zero-order valence-corrected chi connectivity index (χ0v) is 20.7. The largest absolute Gasteiger partial charge is 0.374 e. The lowest BCUT2D eigenvalue weighted by Crippen LogP contribution is -2.41. The van der Waals surface area contributed by atoms with E-state index < -0.39 is 36.2 Å². The van der Waals surface area contributed by atoms with Gasteiger partial charge in [-0.25, -0.2) is 13.2 Å². The lowest BCUT2D eigenvalue weighted by molar-refractivity contribution is -0.131. The summed E-state index contributed by atoms with van der Waals surface area (Å²) in [5, 5.41) is 3.68. The molecule has 37 heavy (non-hydrogen) atoms. The summed E-state index contributed by atoms with van der Waals surface area (Å²) in [4.78, 5) is 43.2. The third-order valence-corrected chi connectivity index (χ3v) is 7.25. The zero-order chi connectivity index (χ0) is 26.5. The summed E-state index contributed by atoms with van der Waals surface area (Å²) in [6.07, 6.45) is 0.206. The number of likely N-dealkylation sites (tertiary alicyclic amines) is 1. The number of carbonyl (C=O) groups excluding carboxylic acids is 2.